The molecule has 0 bridgehead atoms. The van der Waals surface area contributed by atoms with E-state index in [4.69, 9.17) is 5.73 Å². The maximum atomic E-state index is 12.1. The zero-order valence-electron chi connectivity index (χ0n) is 8.23. The molecule has 1 nitrogen and oxygen atoms in total. The van der Waals surface area contributed by atoms with Crippen LogP contribution in [-0.2, 0) is 12.7 Å². The van der Waals surface area contributed by atoms with Crippen LogP contribution >= 0.6 is 0 Å². The lowest BCUT2D eigenvalue weighted by Crippen LogP contribution is -2.06. The molecule has 1 rings (SSSR count). The van der Waals surface area contributed by atoms with Crippen LogP contribution in [0.2, 0.25) is 0 Å². The van der Waals surface area contributed by atoms with E-state index in [1.54, 1.807) is 6.07 Å². The third kappa shape index (κ3) is 3.79. The van der Waals surface area contributed by atoms with Crippen LogP contribution in [0.1, 0.15) is 25.0 Å². The fourth-order valence-corrected chi connectivity index (χ4v) is 0.875. The van der Waals surface area contributed by atoms with E-state index in [0.29, 0.717) is 5.56 Å². The van der Waals surface area contributed by atoms with Crippen molar-refractivity contribution in [2.75, 3.05) is 0 Å². The van der Waals surface area contributed by atoms with Crippen LogP contribution < -0.4 is 5.73 Å². The Kier molecular flexibility index (Phi) is 5.23. The standard InChI is InChI=1S/C8H8F3N.C2H6/c9-8(10,11)7-3-1-2-6(4-7)5-12;1-2/h1-4H,5,12H2;1-2H3. The van der Waals surface area contributed by atoms with Gasteiger partial charge in [0, 0.05) is 6.54 Å². The average molecular weight is 205 g/mol. The third-order valence-electron chi connectivity index (χ3n) is 1.49. The quantitative estimate of drug-likeness (QED) is 0.748. The van der Waals surface area contributed by atoms with Gasteiger partial charge in [-0.25, -0.2) is 0 Å². The van der Waals surface area contributed by atoms with Gasteiger partial charge < -0.3 is 5.73 Å². The molecule has 0 radical (unpaired) electrons. The summed E-state index contributed by atoms with van der Waals surface area (Å²) in [6, 6.07) is 5.00. The van der Waals surface area contributed by atoms with Gasteiger partial charge in [0.1, 0.15) is 0 Å². The Hall–Kier alpha value is -1.03. The summed E-state index contributed by atoms with van der Waals surface area (Å²) in [4.78, 5) is 0. The Balaban J connectivity index is 0.000000791. The first-order chi connectivity index (χ1) is 6.54. The number of rotatable bonds is 1. The van der Waals surface area contributed by atoms with Crippen molar-refractivity contribution in [3.63, 3.8) is 0 Å². The van der Waals surface area contributed by atoms with E-state index in [9.17, 15) is 13.2 Å². The molecular formula is C10H14F3N. The minimum absolute atomic E-state index is 0.129. The molecule has 2 N–H and O–H groups in total. The summed E-state index contributed by atoms with van der Waals surface area (Å²) >= 11 is 0. The first kappa shape index (κ1) is 13.0. The molecule has 0 spiro atoms. The molecule has 0 amide bonds. The van der Waals surface area contributed by atoms with Crippen LogP contribution in [0.5, 0.6) is 0 Å². The van der Waals surface area contributed by atoms with Crippen LogP contribution in [0.4, 0.5) is 13.2 Å². The number of benzene rings is 1. The maximum Gasteiger partial charge on any atom is 0.416 e. The van der Waals surface area contributed by atoms with Crippen molar-refractivity contribution in [3.05, 3.63) is 35.4 Å². The first-order valence-electron chi connectivity index (χ1n) is 4.40. The summed E-state index contributed by atoms with van der Waals surface area (Å²) in [7, 11) is 0. The summed E-state index contributed by atoms with van der Waals surface area (Å²) in [5.74, 6) is 0. The van der Waals surface area contributed by atoms with Gasteiger partial charge in [-0.3, -0.25) is 0 Å². The fraction of sp³-hybridized carbons (Fsp3) is 0.400. The van der Waals surface area contributed by atoms with Gasteiger partial charge in [0.05, 0.1) is 5.56 Å². The Labute approximate surface area is 81.7 Å². The number of nitrogens with two attached hydrogens (primary N) is 1. The molecule has 1 aromatic carbocycles. The second-order valence-corrected chi connectivity index (χ2v) is 2.40. The molecule has 1 aromatic rings. The van der Waals surface area contributed by atoms with Gasteiger partial charge in [-0.1, -0.05) is 32.0 Å². The minimum atomic E-state index is -4.27. The Morgan fingerprint density at radius 1 is 1.21 bits per heavy atom. The van der Waals surface area contributed by atoms with E-state index < -0.39 is 11.7 Å². The predicted molar refractivity (Wildman–Crippen MR) is 50.7 cm³/mol. The van der Waals surface area contributed by atoms with E-state index in [2.05, 4.69) is 0 Å². The Morgan fingerprint density at radius 3 is 2.21 bits per heavy atom. The largest absolute Gasteiger partial charge is 0.416 e. The third-order valence-corrected chi connectivity index (χ3v) is 1.49. The molecule has 0 aliphatic heterocycles. The van der Waals surface area contributed by atoms with E-state index in [0.717, 1.165) is 12.1 Å². The summed E-state index contributed by atoms with van der Waals surface area (Å²) in [5, 5.41) is 0. The molecule has 0 fully saturated rings. The predicted octanol–water partition coefficient (Wildman–Crippen LogP) is 3.19. The molecule has 0 heterocycles. The molecule has 4 heteroatoms. The number of halogens is 3. The van der Waals surface area contributed by atoms with Crippen LogP contribution in [-0.4, -0.2) is 0 Å². The maximum absolute atomic E-state index is 12.1. The molecule has 0 aliphatic rings. The van der Waals surface area contributed by atoms with Crippen LogP contribution in [0.3, 0.4) is 0 Å². The Bertz CT molecular complexity index is 268. The average Bonchev–Trinajstić information content (AvgIpc) is 2.20. The highest BCUT2D eigenvalue weighted by Crippen LogP contribution is 2.29. The monoisotopic (exact) mass is 205 g/mol. The molecule has 0 saturated heterocycles. The minimum Gasteiger partial charge on any atom is -0.326 e. The SMILES string of the molecule is CC.NCc1cccc(C(F)(F)F)c1. The lowest BCUT2D eigenvalue weighted by Gasteiger charge is -2.06. The highest BCUT2D eigenvalue weighted by atomic mass is 19.4. The smallest absolute Gasteiger partial charge is 0.326 e. The number of hydrogen-bond donors (Lipinski definition) is 1. The van der Waals surface area contributed by atoms with E-state index in [1.807, 2.05) is 13.8 Å². The molecule has 0 atom stereocenters. The van der Waals surface area contributed by atoms with Gasteiger partial charge in [0.25, 0.3) is 0 Å². The summed E-state index contributed by atoms with van der Waals surface area (Å²) in [6.45, 7) is 4.13. The molecule has 0 aliphatic carbocycles. The van der Waals surface area contributed by atoms with Crippen molar-refractivity contribution in [2.45, 2.75) is 26.6 Å². The van der Waals surface area contributed by atoms with Gasteiger partial charge in [0.2, 0.25) is 0 Å². The van der Waals surface area contributed by atoms with Gasteiger partial charge >= 0.3 is 6.18 Å². The van der Waals surface area contributed by atoms with Gasteiger partial charge in [-0.05, 0) is 11.6 Å². The van der Waals surface area contributed by atoms with Crippen molar-refractivity contribution in [1.29, 1.82) is 0 Å². The number of hydrogen-bond acceptors (Lipinski definition) is 1. The zero-order chi connectivity index (χ0) is 11.2. The highest BCUT2D eigenvalue weighted by molar-refractivity contribution is 5.25. The van der Waals surface area contributed by atoms with E-state index >= 15 is 0 Å². The van der Waals surface area contributed by atoms with E-state index in [1.165, 1.54) is 6.07 Å². The van der Waals surface area contributed by atoms with Crippen molar-refractivity contribution in [2.24, 2.45) is 5.73 Å². The van der Waals surface area contributed by atoms with Crippen LogP contribution in [0.15, 0.2) is 24.3 Å². The first-order valence-corrected chi connectivity index (χ1v) is 4.40. The Morgan fingerprint density at radius 2 is 1.79 bits per heavy atom. The van der Waals surface area contributed by atoms with Crippen LogP contribution in [0, 0.1) is 0 Å². The van der Waals surface area contributed by atoms with E-state index in [-0.39, 0.29) is 6.54 Å². The molecule has 14 heavy (non-hydrogen) atoms. The summed E-state index contributed by atoms with van der Waals surface area (Å²) in [5.41, 5.74) is 5.04. The van der Waals surface area contributed by atoms with Crippen molar-refractivity contribution in [3.8, 4) is 0 Å². The topological polar surface area (TPSA) is 26.0 Å². The summed E-state index contributed by atoms with van der Waals surface area (Å²) < 4.78 is 36.2. The lowest BCUT2D eigenvalue weighted by molar-refractivity contribution is -0.137. The zero-order valence-corrected chi connectivity index (χ0v) is 8.23. The van der Waals surface area contributed by atoms with Crippen molar-refractivity contribution >= 4 is 0 Å². The van der Waals surface area contributed by atoms with Gasteiger partial charge in [-0.2, -0.15) is 13.2 Å². The van der Waals surface area contributed by atoms with Crippen molar-refractivity contribution < 1.29 is 13.2 Å². The molecule has 0 aromatic heterocycles. The summed E-state index contributed by atoms with van der Waals surface area (Å²) in [6.07, 6.45) is -4.27. The van der Waals surface area contributed by atoms with Gasteiger partial charge in [0.15, 0.2) is 0 Å². The van der Waals surface area contributed by atoms with Gasteiger partial charge in [-0.15, -0.1) is 0 Å². The molecule has 80 valence electrons. The second-order valence-electron chi connectivity index (χ2n) is 2.40. The van der Waals surface area contributed by atoms with Crippen molar-refractivity contribution in [1.82, 2.24) is 0 Å². The number of alkyl halides is 3. The van der Waals surface area contributed by atoms with Crippen LogP contribution in [0.25, 0.3) is 0 Å². The molecular weight excluding hydrogens is 191 g/mol. The second kappa shape index (κ2) is 5.65. The molecule has 0 unspecified atom stereocenters. The highest BCUT2D eigenvalue weighted by Gasteiger charge is 2.30. The normalized spacial score (nSPS) is 10.4. The molecule has 0 saturated carbocycles. The fourth-order valence-electron chi connectivity index (χ4n) is 0.875. The lowest BCUT2D eigenvalue weighted by atomic mass is 10.1.